The van der Waals surface area contributed by atoms with E-state index in [1.165, 1.54) is 16.4 Å². The number of halogens is 1. The molecule has 0 radical (unpaired) electrons. The van der Waals surface area contributed by atoms with Crippen molar-refractivity contribution in [1.29, 1.82) is 0 Å². The van der Waals surface area contributed by atoms with E-state index < -0.39 is 10.0 Å². The zero-order valence-corrected chi connectivity index (χ0v) is 15.5. The van der Waals surface area contributed by atoms with E-state index in [9.17, 15) is 17.6 Å². The van der Waals surface area contributed by atoms with E-state index in [0.717, 1.165) is 17.4 Å². The second kappa shape index (κ2) is 9.45. The molecular weight excluding hydrogens is 355 g/mol. The lowest BCUT2D eigenvalue weighted by molar-refractivity contribution is -0.121. The zero-order chi connectivity index (χ0) is 19.0. The van der Waals surface area contributed by atoms with Crippen LogP contribution in [0.5, 0.6) is 0 Å². The van der Waals surface area contributed by atoms with Crippen molar-refractivity contribution in [2.75, 3.05) is 25.9 Å². The van der Waals surface area contributed by atoms with Crippen molar-refractivity contribution in [2.45, 2.75) is 12.8 Å². The van der Waals surface area contributed by atoms with Gasteiger partial charge in [0.2, 0.25) is 15.9 Å². The SMILES string of the molecule is CS(=O)(=O)N(CCc1ccccc1)CC(=O)NCCc1ccc(F)cc1. The number of nitrogens with one attached hydrogen (secondary N) is 1. The Kier molecular flexibility index (Phi) is 7.29. The number of nitrogens with zero attached hydrogens (tertiary/aromatic N) is 1. The largest absolute Gasteiger partial charge is 0.355 e. The van der Waals surface area contributed by atoms with Crippen LogP contribution < -0.4 is 5.32 Å². The third-order valence-electron chi connectivity index (χ3n) is 3.93. The number of amides is 1. The lowest BCUT2D eigenvalue weighted by Crippen LogP contribution is -2.41. The highest BCUT2D eigenvalue weighted by molar-refractivity contribution is 7.88. The van der Waals surface area contributed by atoms with Gasteiger partial charge in [0.15, 0.2) is 0 Å². The van der Waals surface area contributed by atoms with Crippen molar-refractivity contribution < 1.29 is 17.6 Å². The third kappa shape index (κ3) is 6.93. The van der Waals surface area contributed by atoms with Crippen LogP contribution >= 0.6 is 0 Å². The standard InChI is InChI=1S/C19H23FN2O3S/c1-26(24,25)22(14-12-16-5-3-2-4-6-16)15-19(23)21-13-11-17-7-9-18(20)10-8-17/h2-10H,11-15H2,1H3,(H,21,23). The van der Waals surface area contributed by atoms with Crippen molar-refractivity contribution in [3.8, 4) is 0 Å². The number of rotatable bonds is 9. The van der Waals surface area contributed by atoms with Crippen molar-refractivity contribution in [1.82, 2.24) is 9.62 Å². The molecule has 0 fully saturated rings. The Hall–Kier alpha value is -2.25. The fourth-order valence-electron chi connectivity index (χ4n) is 2.47. The van der Waals surface area contributed by atoms with Gasteiger partial charge in [0, 0.05) is 13.1 Å². The molecular formula is C19H23FN2O3S. The van der Waals surface area contributed by atoms with Gasteiger partial charge in [-0.15, -0.1) is 0 Å². The summed E-state index contributed by atoms with van der Waals surface area (Å²) in [6.07, 6.45) is 2.19. The predicted molar refractivity (Wildman–Crippen MR) is 99.7 cm³/mol. The summed E-state index contributed by atoms with van der Waals surface area (Å²) in [6, 6.07) is 15.6. The lowest BCUT2D eigenvalue weighted by atomic mass is 10.1. The van der Waals surface area contributed by atoms with Gasteiger partial charge in [-0.05, 0) is 36.1 Å². The van der Waals surface area contributed by atoms with E-state index in [-0.39, 0.29) is 24.8 Å². The van der Waals surface area contributed by atoms with Gasteiger partial charge >= 0.3 is 0 Å². The van der Waals surface area contributed by atoms with Crippen molar-refractivity contribution >= 4 is 15.9 Å². The summed E-state index contributed by atoms with van der Waals surface area (Å²) in [5, 5.41) is 2.71. The molecule has 0 saturated carbocycles. The minimum absolute atomic E-state index is 0.213. The molecule has 0 bridgehead atoms. The number of carbonyl (C=O) groups is 1. The van der Waals surface area contributed by atoms with Gasteiger partial charge in [0.25, 0.3) is 0 Å². The fraction of sp³-hybridized carbons (Fsp3) is 0.316. The normalized spacial score (nSPS) is 11.5. The molecule has 0 saturated heterocycles. The Labute approximate surface area is 153 Å². The molecule has 26 heavy (non-hydrogen) atoms. The number of carbonyl (C=O) groups excluding carboxylic acids is 1. The Balaban J connectivity index is 1.83. The van der Waals surface area contributed by atoms with Crippen LogP contribution in [0.2, 0.25) is 0 Å². The molecule has 2 aromatic carbocycles. The van der Waals surface area contributed by atoms with Crippen molar-refractivity contribution in [2.24, 2.45) is 0 Å². The molecule has 1 N–H and O–H groups in total. The van der Waals surface area contributed by atoms with Crippen molar-refractivity contribution in [3.05, 3.63) is 71.5 Å². The van der Waals surface area contributed by atoms with E-state index in [4.69, 9.17) is 0 Å². The van der Waals surface area contributed by atoms with Gasteiger partial charge in [-0.25, -0.2) is 12.8 Å². The minimum Gasteiger partial charge on any atom is -0.355 e. The van der Waals surface area contributed by atoms with Gasteiger partial charge in [0.05, 0.1) is 12.8 Å². The molecule has 7 heteroatoms. The van der Waals surface area contributed by atoms with Gasteiger partial charge in [-0.1, -0.05) is 42.5 Å². The van der Waals surface area contributed by atoms with E-state index in [1.807, 2.05) is 30.3 Å². The molecule has 0 unspecified atom stereocenters. The zero-order valence-electron chi connectivity index (χ0n) is 14.7. The maximum atomic E-state index is 12.9. The molecule has 0 atom stereocenters. The summed E-state index contributed by atoms with van der Waals surface area (Å²) < 4.78 is 37.9. The maximum absolute atomic E-state index is 12.9. The van der Waals surface area contributed by atoms with Crippen molar-refractivity contribution in [3.63, 3.8) is 0 Å². The highest BCUT2D eigenvalue weighted by atomic mass is 32.2. The summed E-state index contributed by atoms with van der Waals surface area (Å²) in [7, 11) is -3.48. The molecule has 0 spiro atoms. The minimum atomic E-state index is -3.48. The van der Waals surface area contributed by atoms with Crippen LogP contribution in [0.15, 0.2) is 54.6 Å². The van der Waals surface area contributed by atoms with E-state index in [2.05, 4.69) is 5.32 Å². The highest BCUT2D eigenvalue weighted by Crippen LogP contribution is 2.05. The predicted octanol–water partition coefficient (Wildman–Crippen LogP) is 1.99. The maximum Gasteiger partial charge on any atom is 0.235 e. The van der Waals surface area contributed by atoms with Crippen LogP contribution in [0, 0.1) is 5.82 Å². The summed E-state index contributed by atoms with van der Waals surface area (Å²) >= 11 is 0. The Morgan fingerprint density at radius 3 is 2.23 bits per heavy atom. The molecule has 2 aromatic rings. The van der Waals surface area contributed by atoms with Gasteiger partial charge in [0.1, 0.15) is 5.82 Å². The van der Waals surface area contributed by atoms with Gasteiger partial charge in [-0.2, -0.15) is 4.31 Å². The topological polar surface area (TPSA) is 66.5 Å². The van der Waals surface area contributed by atoms with Crippen LogP contribution in [-0.2, 0) is 27.7 Å². The first kappa shape index (κ1) is 20.1. The molecule has 0 aromatic heterocycles. The monoisotopic (exact) mass is 378 g/mol. The van der Waals surface area contributed by atoms with Gasteiger partial charge < -0.3 is 5.32 Å². The molecule has 2 rings (SSSR count). The third-order valence-corrected chi connectivity index (χ3v) is 5.18. The van der Waals surface area contributed by atoms with Crippen LogP contribution in [0.4, 0.5) is 4.39 Å². The summed E-state index contributed by atoms with van der Waals surface area (Å²) in [6.45, 7) is 0.393. The van der Waals surface area contributed by atoms with Crippen LogP contribution in [-0.4, -0.2) is 44.5 Å². The second-order valence-electron chi connectivity index (χ2n) is 6.06. The summed E-state index contributed by atoms with van der Waals surface area (Å²) in [5.41, 5.74) is 1.91. The Morgan fingerprint density at radius 1 is 1.00 bits per heavy atom. The second-order valence-corrected chi connectivity index (χ2v) is 8.04. The molecule has 1 amide bonds. The average Bonchev–Trinajstić information content (AvgIpc) is 2.60. The van der Waals surface area contributed by atoms with Crippen LogP contribution in [0.1, 0.15) is 11.1 Å². The summed E-state index contributed by atoms with van der Waals surface area (Å²) in [5.74, 6) is -0.661. The van der Waals surface area contributed by atoms with Crippen LogP contribution in [0.25, 0.3) is 0 Å². The van der Waals surface area contributed by atoms with E-state index in [0.29, 0.717) is 19.4 Å². The smallest absolute Gasteiger partial charge is 0.235 e. The Morgan fingerprint density at radius 2 is 1.62 bits per heavy atom. The molecule has 0 aliphatic carbocycles. The first-order chi connectivity index (χ1) is 12.3. The summed E-state index contributed by atoms with van der Waals surface area (Å²) in [4.78, 5) is 12.1. The first-order valence-electron chi connectivity index (χ1n) is 8.35. The van der Waals surface area contributed by atoms with Crippen LogP contribution in [0.3, 0.4) is 0 Å². The highest BCUT2D eigenvalue weighted by Gasteiger charge is 2.19. The number of sulfonamides is 1. The van der Waals surface area contributed by atoms with E-state index in [1.54, 1.807) is 12.1 Å². The number of hydrogen-bond acceptors (Lipinski definition) is 3. The molecule has 0 aliphatic rings. The first-order valence-corrected chi connectivity index (χ1v) is 10.2. The number of hydrogen-bond donors (Lipinski definition) is 1. The van der Waals surface area contributed by atoms with E-state index >= 15 is 0 Å². The molecule has 0 aliphatic heterocycles. The van der Waals surface area contributed by atoms with Gasteiger partial charge in [-0.3, -0.25) is 4.79 Å². The molecule has 0 heterocycles. The quantitative estimate of drug-likeness (QED) is 0.726. The lowest BCUT2D eigenvalue weighted by Gasteiger charge is -2.19. The molecule has 5 nitrogen and oxygen atoms in total. The number of benzene rings is 2. The Bertz CT molecular complexity index is 808. The fourth-order valence-corrected chi connectivity index (χ4v) is 3.25. The average molecular weight is 378 g/mol. The molecule has 140 valence electrons.